The van der Waals surface area contributed by atoms with E-state index < -0.39 is 5.97 Å². The van der Waals surface area contributed by atoms with Gasteiger partial charge < -0.3 is 19.6 Å². The number of aromatic carboxylic acids is 1. The third-order valence-corrected chi connectivity index (χ3v) is 2.82. The van der Waals surface area contributed by atoms with Crippen molar-refractivity contribution < 1.29 is 19.5 Å². The Hall–Kier alpha value is -2.34. The first-order valence-corrected chi connectivity index (χ1v) is 6.06. The minimum atomic E-state index is -1.19. The number of nitrogens with zero attached hydrogens (tertiary/aromatic N) is 2. The molecule has 0 unspecified atom stereocenters. The maximum absolute atomic E-state index is 10.8. The molecule has 0 radical (unpaired) electrons. The zero-order chi connectivity index (χ0) is 14.9. The van der Waals surface area contributed by atoms with E-state index in [9.17, 15) is 9.90 Å². The van der Waals surface area contributed by atoms with E-state index in [1.165, 1.54) is 6.07 Å². The minimum absolute atomic E-state index is 0.0922. The van der Waals surface area contributed by atoms with Crippen LogP contribution in [0.5, 0.6) is 5.75 Å². The predicted molar refractivity (Wildman–Crippen MR) is 72.7 cm³/mol. The van der Waals surface area contributed by atoms with Gasteiger partial charge in [0.1, 0.15) is 11.4 Å². The molecule has 0 atom stereocenters. The average Bonchev–Trinajstić information content (AvgIpc) is 2.82. The Balaban J connectivity index is 2.49. The summed E-state index contributed by atoms with van der Waals surface area (Å²) in [5.74, 6) is -1.35. The summed E-state index contributed by atoms with van der Waals surface area (Å²) < 4.78 is 4.73. The van der Waals surface area contributed by atoms with Crippen molar-refractivity contribution in [3.05, 3.63) is 35.1 Å². The van der Waals surface area contributed by atoms with Gasteiger partial charge in [0.05, 0.1) is 0 Å². The highest BCUT2D eigenvalue weighted by atomic mass is 16.5. The van der Waals surface area contributed by atoms with E-state index >= 15 is 0 Å². The van der Waals surface area contributed by atoms with Crippen LogP contribution in [0.15, 0.2) is 22.7 Å². The van der Waals surface area contributed by atoms with Crippen molar-refractivity contribution in [2.45, 2.75) is 13.5 Å². The van der Waals surface area contributed by atoms with Gasteiger partial charge in [-0.15, -0.1) is 0 Å². The molecule has 1 aromatic carbocycles. The molecule has 0 amide bonds. The second-order valence-electron chi connectivity index (χ2n) is 4.94. The van der Waals surface area contributed by atoms with Crippen LogP contribution in [0, 0.1) is 6.92 Å². The lowest BCUT2D eigenvalue weighted by atomic mass is 10.0. The Bertz CT molecular complexity index is 647. The zero-order valence-corrected chi connectivity index (χ0v) is 11.5. The monoisotopic (exact) mass is 276 g/mol. The number of phenols is 1. The fourth-order valence-electron chi connectivity index (χ4n) is 2.01. The second kappa shape index (κ2) is 5.34. The van der Waals surface area contributed by atoms with Gasteiger partial charge in [0.2, 0.25) is 5.76 Å². The summed E-state index contributed by atoms with van der Waals surface area (Å²) in [6, 6.07) is 4.94. The van der Waals surface area contributed by atoms with Gasteiger partial charge in [0.25, 0.3) is 0 Å². The fraction of sp³-hybridized carbons (Fsp3) is 0.286. The molecule has 6 heteroatoms. The van der Waals surface area contributed by atoms with Gasteiger partial charge in [0.15, 0.2) is 0 Å². The molecule has 1 heterocycles. The molecule has 0 fully saturated rings. The van der Waals surface area contributed by atoms with Crippen molar-refractivity contribution in [3.63, 3.8) is 0 Å². The summed E-state index contributed by atoms with van der Waals surface area (Å²) in [4.78, 5) is 12.7. The van der Waals surface area contributed by atoms with Gasteiger partial charge >= 0.3 is 5.97 Å². The van der Waals surface area contributed by atoms with Gasteiger partial charge in [-0.25, -0.2) is 4.79 Å². The van der Waals surface area contributed by atoms with Gasteiger partial charge in [-0.3, -0.25) is 0 Å². The number of hydrogen-bond acceptors (Lipinski definition) is 5. The van der Waals surface area contributed by atoms with E-state index in [4.69, 9.17) is 9.63 Å². The molecule has 0 aliphatic carbocycles. The fourth-order valence-corrected chi connectivity index (χ4v) is 2.01. The lowest BCUT2D eigenvalue weighted by molar-refractivity contribution is 0.0652. The molecule has 106 valence electrons. The second-order valence-corrected chi connectivity index (χ2v) is 4.94. The normalized spacial score (nSPS) is 11.0. The Morgan fingerprint density at radius 3 is 2.60 bits per heavy atom. The topological polar surface area (TPSA) is 86.8 Å². The Labute approximate surface area is 116 Å². The summed E-state index contributed by atoms with van der Waals surface area (Å²) in [7, 11) is 3.81. The Morgan fingerprint density at radius 2 is 2.05 bits per heavy atom. The first kappa shape index (κ1) is 14.1. The number of aromatic hydroxyl groups is 1. The molecule has 1 aromatic heterocycles. The van der Waals surface area contributed by atoms with E-state index in [0.717, 1.165) is 11.1 Å². The number of carboxylic acid groups (broad SMARTS) is 1. The zero-order valence-electron chi connectivity index (χ0n) is 11.5. The molecular weight excluding hydrogens is 260 g/mol. The van der Waals surface area contributed by atoms with E-state index in [1.54, 1.807) is 6.07 Å². The van der Waals surface area contributed by atoms with Gasteiger partial charge in [-0.05, 0) is 32.6 Å². The highest BCUT2D eigenvalue weighted by molar-refractivity contribution is 5.86. The van der Waals surface area contributed by atoms with Gasteiger partial charge in [0, 0.05) is 23.7 Å². The summed E-state index contributed by atoms with van der Waals surface area (Å²) in [5, 5.41) is 22.8. The van der Waals surface area contributed by atoms with E-state index in [1.807, 2.05) is 32.0 Å². The molecular formula is C14H16N2O4. The quantitative estimate of drug-likeness (QED) is 0.889. The molecule has 0 spiro atoms. The SMILES string of the molecule is Cc1cc(CN(C)C)c(O)c(-c2cc(C(=O)O)on2)c1. The Kier molecular flexibility index (Phi) is 3.76. The first-order valence-electron chi connectivity index (χ1n) is 6.06. The van der Waals surface area contributed by atoms with E-state index in [2.05, 4.69) is 5.16 Å². The van der Waals surface area contributed by atoms with Crippen LogP contribution in [-0.4, -0.2) is 40.3 Å². The average molecular weight is 276 g/mol. The third kappa shape index (κ3) is 2.80. The summed E-state index contributed by atoms with van der Waals surface area (Å²) in [6.45, 7) is 2.48. The van der Waals surface area contributed by atoms with Crippen molar-refractivity contribution in [2.24, 2.45) is 0 Å². The number of rotatable bonds is 4. The van der Waals surface area contributed by atoms with Gasteiger partial charge in [-0.2, -0.15) is 0 Å². The number of aryl methyl sites for hydroxylation is 1. The molecule has 0 bridgehead atoms. The predicted octanol–water partition coefficient (Wildman–Crippen LogP) is 2.12. The maximum atomic E-state index is 10.8. The maximum Gasteiger partial charge on any atom is 0.374 e. The molecule has 2 aromatic rings. The molecule has 0 aliphatic heterocycles. The van der Waals surface area contributed by atoms with Crippen LogP contribution >= 0.6 is 0 Å². The highest BCUT2D eigenvalue weighted by Gasteiger charge is 2.17. The third-order valence-electron chi connectivity index (χ3n) is 2.82. The van der Waals surface area contributed by atoms with Crippen molar-refractivity contribution >= 4 is 5.97 Å². The van der Waals surface area contributed by atoms with Crippen LogP contribution in [0.25, 0.3) is 11.3 Å². The first-order chi connectivity index (χ1) is 9.38. The molecule has 6 nitrogen and oxygen atoms in total. The molecule has 20 heavy (non-hydrogen) atoms. The molecule has 0 saturated carbocycles. The van der Waals surface area contributed by atoms with Crippen LogP contribution in [0.4, 0.5) is 0 Å². The number of benzene rings is 1. The number of carbonyl (C=O) groups is 1. The number of hydrogen-bond donors (Lipinski definition) is 2. The molecule has 2 rings (SSSR count). The molecule has 2 N–H and O–H groups in total. The lowest BCUT2D eigenvalue weighted by Crippen LogP contribution is -2.11. The van der Waals surface area contributed by atoms with E-state index in [-0.39, 0.29) is 11.5 Å². The number of aromatic nitrogens is 1. The smallest absolute Gasteiger partial charge is 0.374 e. The Morgan fingerprint density at radius 1 is 1.35 bits per heavy atom. The molecule has 0 aliphatic rings. The van der Waals surface area contributed by atoms with Crippen LogP contribution in [0.2, 0.25) is 0 Å². The van der Waals surface area contributed by atoms with Crippen molar-refractivity contribution in [2.75, 3.05) is 14.1 Å². The number of phenolic OH excluding ortho intramolecular Hbond substituents is 1. The summed E-state index contributed by atoms with van der Waals surface area (Å²) in [5.41, 5.74) is 2.49. The van der Waals surface area contributed by atoms with Crippen LogP contribution in [0.1, 0.15) is 21.7 Å². The van der Waals surface area contributed by atoms with Crippen LogP contribution in [-0.2, 0) is 6.54 Å². The highest BCUT2D eigenvalue weighted by Crippen LogP contribution is 2.33. The van der Waals surface area contributed by atoms with Crippen LogP contribution in [0.3, 0.4) is 0 Å². The van der Waals surface area contributed by atoms with Gasteiger partial charge in [-0.1, -0.05) is 11.2 Å². The van der Waals surface area contributed by atoms with Crippen molar-refractivity contribution in [1.29, 1.82) is 0 Å². The van der Waals surface area contributed by atoms with Crippen LogP contribution < -0.4 is 0 Å². The standard InChI is InChI=1S/C14H16N2O4/c1-8-4-9(7-16(2)3)13(17)10(5-8)11-6-12(14(18)19)20-15-11/h4-6,17H,7H2,1-3H3,(H,18,19). The molecule has 0 saturated heterocycles. The van der Waals surface area contributed by atoms with E-state index in [0.29, 0.717) is 17.8 Å². The van der Waals surface area contributed by atoms with Crippen molar-refractivity contribution in [1.82, 2.24) is 10.1 Å². The number of carboxylic acids is 1. The summed E-state index contributed by atoms with van der Waals surface area (Å²) in [6.07, 6.45) is 0. The lowest BCUT2D eigenvalue weighted by Gasteiger charge is -2.14. The minimum Gasteiger partial charge on any atom is -0.507 e. The van der Waals surface area contributed by atoms with Crippen molar-refractivity contribution in [3.8, 4) is 17.0 Å². The largest absolute Gasteiger partial charge is 0.507 e. The summed E-state index contributed by atoms with van der Waals surface area (Å²) >= 11 is 0.